The van der Waals surface area contributed by atoms with Gasteiger partial charge in [-0.2, -0.15) is 0 Å². The third-order valence-corrected chi connectivity index (χ3v) is 3.52. The van der Waals surface area contributed by atoms with Crippen molar-refractivity contribution in [3.05, 3.63) is 59.7 Å². The molecule has 0 saturated heterocycles. The SMILES string of the molecule is NNc1ccc(C(=O)NCC2Cc3ccccc3O2)cc1. The van der Waals surface area contributed by atoms with Crippen molar-refractivity contribution < 1.29 is 9.53 Å². The molecule has 1 aliphatic heterocycles. The molecular weight excluding hydrogens is 266 g/mol. The molecule has 1 atom stereocenters. The van der Waals surface area contributed by atoms with E-state index in [-0.39, 0.29) is 12.0 Å². The van der Waals surface area contributed by atoms with Crippen molar-refractivity contribution in [2.75, 3.05) is 12.0 Å². The third-order valence-electron chi connectivity index (χ3n) is 3.52. The van der Waals surface area contributed by atoms with E-state index in [1.807, 2.05) is 18.2 Å². The molecule has 1 aliphatic rings. The van der Waals surface area contributed by atoms with E-state index in [0.29, 0.717) is 12.1 Å². The second kappa shape index (κ2) is 5.85. The zero-order chi connectivity index (χ0) is 14.7. The van der Waals surface area contributed by atoms with Crippen molar-refractivity contribution in [2.24, 2.45) is 5.84 Å². The summed E-state index contributed by atoms with van der Waals surface area (Å²) in [5, 5.41) is 2.90. The highest BCUT2D eigenvalue weighted by Gasteiger charge is 2.22. The number of nitrogens with two attached hydrogens (primary N) is 1. The number of hydrogen-bond acceptors (Lipinski definition) is 4. The van der Waals surface area contributed by atoms with Crippen LogP contribution in [0.2, 0.25) is 0 Å². The van der Waals surface area contributed by atoms with Gasteiger partial charge in [0.2, 0.25) is 0 Å². The lowest BCUT2D eigenvalue weighted by Crippen LogP contribution is -2.34. The monoisotopic (exact) mass is 283 g/mol. The normalized spacial score (nSPS) is 16.0. The summed E-state index contributed by atoms with van der Waals surface area (Å²) < 4.78 is 5.79. The maximum absolute atomic E-state index is 12.1. The van der Waals surface area contributed by atoms with Crippen LogP contribution < -0.4 is 21.3 Å². The van der Waals surface area contributed by atoms with Gasteiger partial charge in [-0.15, -0.1) is 0 Å². The number of nitrogen functional groups attached to an aromatic ring is 1. The van der Waals surface area contributed by atoms with Crippen molar-refractivity contribution in [3.63, 3.8) is 0 Å². The lowest BCUT2D eigenvalue weighted by Gasteiger charge is -2.12. The van der Waals surface area contributed by atoms with Crippen molar-refractivity contribution in [1.82, 2.24) is 5.32 Å². The van der Waals surface area contributed by atoms with Crippen molar-refractivity contribution >= 4 is 11.6 Å². The topological polar surface area (TPSA) is 76.4 Å². The molecule has 1 amide bonds. The standard InChI is InChI=1S/C16H17N3O2/c17-19-13-7-5-11(6-8-13)16(20)18-10-14-9-12-3-1-2-4-15(12)21-14/h1-8,14,19H,9-10,17H2,(H,18,20). The Kier molecular flexibility index (Phi) is 3.75. The number of ether oxygens (including phenoxy) is 1. The number of nitrogens with one attached hydrogen (secondary N) is 2. The Morgan fingerprint density at radius 1 is 1.19 bits per heavy atom. The van der Waals surface area contributed by atoms with E-state index in [2.05, 4.69) is 16.8 Å². The van der Waals surface area contributed by atoms with Crippen LogP contribution in [0.4, 0.5) is 5.69 Å². The van der Waals surface area contributed by atoms with Crippen LogP contribution in [-0.4, -0.2) is 18.6 Å². The summed E-state index contributed by atoms with van der Waals surface area (Å²) in [5.74, 6) is 6.09. The first kappa shape index (κ1) is 13.5. The smallest absolute Gasteiger partial charge is 0.251 e. The quantitative estimate of drug-likeness (QED) is 0.590. The van der Waals surface area contributed by atoms with Gasteiger partial charge in [0.05, 0.1) is 6.54 Å². The molecule has 108 valence electrons. The van der Waals surface area contributed by atoms with Crippen LogP contribution in [0, 0.1) is 0 Å². The number of carbonyl (C=O) groups excluding carboxylic acids is 1. The molecular formula is C16H17N3O2. The average Bonchev–Trinajstić information content (AvgIpc) is 2.95. The molecule has 0 bridgehead atoms. The largest absolute Gasteiger partial charge is 0.488 e. The van der Waals surface area contributed by atoms with E-state index in [1.54, 1.807) is 24.3 Å². The number of anilines is 1. The molecule has 2 aromatic rings. The zero-order valence-electron chi connectivity index (χ0n) is 11.5. The Balaban J connectivity index is 1.55. The van der Waals surface area contributed by atoms with E-state index >= 15 is 0 Å². The van der Waals surface area contributed by atoms with Gasteiger partial charge < -0.3 is 15.5 Å². The number of carbonyl (C=O) groups is 1. The molecule has 1 unspecified atom stereocenters. The molecule has 0 fully saturated rings. The highest BCUT2D eigenvalue weighted by molar-refractivity contribution is 5.94. The van der Waals surface area contributed by atoms with Gasteiger partial charge in [-0.25, -0.2) is 0 Å². The van der Waals surface area contributed by atoms with E-state index < -0.39 is 0 Å². The predicted octanol–water partition coefficient (Wildman–Crippen LogP) is 1.71. The number of rotatable bonds is 4. The predicted molar refractivity (Wildman–Crippen MR) is 81.1 cm³/mol. The molecule has 0 aromatic heterocycles. The molecule has 2 aromatic carbocycles. The molecule has 0 spiro atoms. The molecule has 0 radical (unpaired) electrons. The fourth-order valence-electron chi connectivity index (χ4n) is 2.39. The molecule has 4 N–H and O–H groups in total. The van der Waals surface area contributed by atoms with Crippen molar-refractivity contribution in [1.29, 1.82) is 0 Å². The van der Waals surface area contributed by atoms with Gasteiger partial charge in [-0.05, 0) is 35.9 Å². The highest BCUT2D eigenvalue weighted by Crippen LogP contribution is 2.27. The van der Waals surface area contributed by atoms with Gasteiger partial charge in [-0.3, -0.25) is 10.6 Å². The van der Waals surface area contributed by atoms with Crippen LogP contribution in [0.5, 0.6) is 5.75 Å². The zero-order valence-corrected chi connectivity index (χ0v) is 11.5. The van der Waals surface area contributed by atoms with Crippen molar-refractivity contribution in [2.45, 2.75) is 12.5 Å². The minimum Gasteiger partial charge on any atom is -0.488 e. The first-order chi connectivity index (χ1) is 10.3. The van der Waals surface area contributed by atoms with Gasteiger partial charge in [0, 0.05) is 17.7 Å². The van der Waals surface area contributed by atoms with Gasteiger partial charge in [0.25, 0.3) is 5.91 Å². The van der Waals surface area contributed by atoms with Crippen LogP contribution in [0.3, 0.4) is 0 Å². The number of hydrazine groups is 1. The minimum absolute atomic E-state index is 0.00340. The molecule has 0 aliphatic carbocycles. The Hall–Kier alpha value is -2.53. The van der Waals surface area contributed by atoms with Crippen molar-refractivity contribution in [3.8, 4) is 5.75 Å². The Labute approximate surface area is 123 Å². The first-order valence-electron chi connectivity index (χ1n) is 6.85. The van der Waals surface area contributed by atoms with Gasteiger partial charge in [0.15, 0.2) is 0 Å². The highest BCUT2D eigenvalue weighted by atomic mass is 16.5. The van der Waals surface area contributed by atoms with Crippen LogP contribution in [-0.2, 0) is 6.42 Å². The van der Waals surface area contributed by atoms with Gasteiger partial charge >= 0.3 is 0 Å². The summed E-state index contributed by atoms with van der Waals surface area (Å²) in [4.78, 5) is 12.1. The summed E-state index contributed by atoms with van der Waals surface area (Å²) in [6.45, 7) is 0.490. The number of benzene rings is 2. The summed E-state index contributed by atoms with van der Waals surface area (Å²) in [6.07, 6.45) is 0.822. The van der Waals surface area contributed by atoms with Crippen LogP contribution in [0.25, 0.3) is 0 Å². The molecule has 21 heavy (non-hydrogen) atoms. The van der Waals surface area contributed by atoms with Crippen LogP contribution in [0.15, 0.2) is 48.5 Å². The summed E-state index contributed by atoms with van der Waals surface area (Å²) in [6, 6.07) is 14.9. The van der Waals surface area contributed by atoms with E-state index in [4.69, 9.17) is 10.6 Å². The fourth-order valence-corrected chi connectivity index (χ4v) is 2.39. The second-order valence-electron chi connectivity index (χ2n) is 4.98. The minimum atomic E-state index is -0.113. The number of para-hydroxylation sites is 1. The van der Waals surface area contributed by atoms with Crippen LogP contribution in [0.1, 0.15) is 15.9 Å². The summed E-state index contributed by atoms with van der Waals surface area (Å²) in [5.41, 5.74) is 5.08. The second-order valence-corrected chi connectivity index (χ2v) is 4.98. The summed E-state index contributed by atoms with van der Waals surface area (Å²) in [7, 11) is 0. The summed E-state index contributed by atoms with van der Waals surface area (Å²) >= 11 is 0. The fraction of sp³-hybridized carbons (Fsp3) is 0.188. The van der Waals surface area contributed by atoms with Gasteiger partial charge in [0.1, 0.15) is 11.9 Å². The Morgan fingerprint density at radius 2 is 1.95 bits per heavy atom. The number of fused-ring (bicyclic) bond motifs is 1. The number of hydrogen-bond donors (Lipinski definition) is 3. The van der Waals surface area contributed by atoms with Crippen LogP contribution >= 0.6 is 0 Å². The molecule has 5 heteroatoms. The van der Waals surface area contributed by atoms with E-state index in [9.17, 15) is 4.79 Å². The lowest BCUT2D eigenvalue weighted by molar-refractivity contribution is 0.0933. The average molecular weight is 283 g/mol. The number of amides is 1. The molecule has 5 nitrogen and oxygen atoms in total. The Morgan fingerprint density at radius 3 is 2.67 bits per heavy atom. The molecule has 3 rings (SSSR count). The first-order valence-corrected chi connectivity index (χ1v) is 6.85. The Bertz CT molecular complexity index is 615. The molecule has 1 heterocycles. The maximum atomic E-state index is 12.1. The van der Waals surface area contributed by atoms with E-state index in [0.717, 1.165) is 17.9 Å². The maximum Gasteiger partial charge on any atom is 0.251 e. The van der Waals surface area contributed by atoms with E-state index in [1.165, 1.54) is 5.56 Å². The van der Waals surface area contributed by atoms with Gasteiger partial charge in [-0.1, -0.05) is 18.2 Å². The third kappa shape index (κ3) is 2.98. The lowest BCUT2D eigenvalue weighted by atomic mass is 10.1. The molecule has 0 saturated carbocycles.